The van der Waals surface area contributed by atoms with E-state index in [1.807, 2.05) is 43.3 Å². The van der Waals surface area contributed by atoms with Gasteiger partial charge in [-0.2, -0.15) is 5.10 Å². The maximum atomic E-state index is 12.0. The molecule has 0 unspecified atom stereocenters. The lowest BCUT2D eigenvalue weighted by atomic mass is 10.1. The van der Waals surface area contributed by atoms with Crippen LogP contribution in [0.15, 0.2) is 36.4 Å². The second-order valence-corrected chi connectivity index (χ2v) is 4.85. The predicted octanol–water partition coefficient (Wildman–Crippen LogP) is 1.64. The summed E-state index contributed by atoms with van der Waals surface area (Å²) in [4.78, 5) is 13.7. The van der Waals surface area contributed by atoms with Crippen molar-refractivity contribution < 1.29 is 4.79 Å². The lowest BCUT2D eigenvalue weighted by molar-refractivity contribution is -0.132. The summed E-state index contributed by atoms with van der Waals surface area (Å²) in [6.45, 7) is 2.37. The van der Waals surface area contributed by atoms with E-state index < -0.39 is 0 Å². The van der Waals surface area contributed by atoms with Crippen molar-refractivity contribution in [3.8, 4) is 11.3 Å². The minimum atomic E-state index is -0.184. The van der Waals surface area contributed by atoms with E-state index in [2.05, 4.69) is 15.5 Å². The molecule has 0 aliphatic heterocycles. The Bertz CT molecular complexity index is 564. The van der Waals surface area contributed by atoms with E-state index in [0.717, 1.165) is 17.0 Å². The fraction of sp³-hybridized carbons (Fsp3) is 0.333. The zero-order valence-corrected chi connectivity index (χ0v) is 12.1. The molecule has 1 atom stereocenters. The number of hydrogen-bond donors (Lipinski definition) is 2. The lowest BCUT2D eigenvalue weighted by Crippen LogP contribution is -2.41. The average Bonchev–Trinajstić information content (AvgIpc) is 2.95. The van der Waals surface area contributed by atoms with Gasteiger partial charge in [-0.25, -0.2) is 0 Å². The summed E-state index contributed by atoms with van der Waals surface area (Å²) in [6, 6.07) is 11.8. The van der Waals surface area contributed by atoms with E-state index in [1.165, 1.54) is 0 Å². The molecule has 0 bridgehead atoms. The molecule has 0 fully saturated rings. The number of nitrogens with one attached hydrogen (secondary N) is 2. The first-order chi connectivity index (χ1) is 9.61. The van der Waals surface area contributed by atoms with Crippen LogP contribution in [0.5, 0.6) is 0 Å². The Hall–Kier alpha value is -2.14. The Balaban J connectivity index is 2.05. The molecule has 106 valence electrons. The minimum absolute atomic E-state index is 0.0587. The number of H-pyrrole nitrogens is 1. The molecule has 1 aromatic heterocycles. The maximum absolute atomic E-state index is 12.0. The van der Waals surface area contributed by atoms with Crippen molar-refractivity contribution in [2.24, 2.45) is 0 Å². The third-order valence-corrected chi connectivity index (χ3v) is 3.29. The number of carbonyl (C=O) groups is 1. The number of rotatable bonds is 5. The van der Waals surface area contributed by atoms with Gasteiger partial charge in [0, 0.05) is 12.6 Å². The summed E-state index contributed by atoms with van der Waals surface area (Å²) >= 11 is 0. The molecule has 0 spiro atoms. The predicted molar refractivity (Wildman–Crippen MR) is 79.0 cm³/mol. The first kappa shape index (κ1) is 14.3. The highest BCUT2D eigenvalue weighted by molar-refractivity contribution is 5.81. The highest BCUT2D eigenvalue weighted by Crippen LogP contribution is 2.17. The van der Waals surface area contributed by atoms with Gasteiger partial charge in [-0.1, -0.05) is 30.3 Å². The number of benzene rings is 1. The van der Waals surface area contributed by atoms with E-state index in [9.17, 15) is 4.79 Å². The molecular weight excluding hydrogens is 252 g/mol. The van der Waals surface area contributed by atoms with Crippen LogP contribution < -0.4 is 5.32 Å². The number of aromatic amines is 1. The third-order valence-electron chi connectivity index (χ3n) is 3.29. The molecule has 1 aromatic carbocycles. The van der Waals surface area contributed by atoms with Gasteiger partial charge in [0.1, 0.15) is 0 Å². The molecule has 2 aromatic rings. The number of hydrogen-bond acceptors (Lipinski definition) is 3. The maximum Gasteiger partial charge on any atom is 0.239 e. The Morgan fingerprint density at radius 1 is 1.40 bits per heavy atom. The highest BCUT2D eigenvalue weighted by atomic mass is 16.2. The SMILES string of the molecule is CN[C@@H](C)C(=O)N(C)Cc1cc(-c2ccccc2)n[nH]1. The molecule has 0 radical (unpaired) electrons. The Morgan fingerprint density at radius 2 is 2.10 bits per heavy atom. The van der Waals surface area contributed by atoms with Crippen LogP contribution in [-0.2, 0) is 11.3 Å². The topological polar surface area (TPSA) is 61.0 Å². The van der Waals surface area contributed by atoms with E-state index >= 15 is 0 Å². The van der Waals surface area contributed by atoms with E-state index in [-0.39, 0.29) is 11.9 Å². The smallest absolute Gasteiger partial charge is 0.239 e. The molecule has 0 saturated heterocycles. The lowest BCUT2D eigenvalue weighted by Gasteiger charge is -2.20. The van der Waals surface area contributed by atoms with Crippen molar-refractivity contribution in [2.45, 2.75) is 19.5 Å². The fourth-order valence-corrected chi connectivity index (χ4v) is 1.99. The second-order valence-electron chi connectivity index (χ2n) is 4.85. The minimum Gasteiger partial charge on any atom is -0.339 e. The number of nitrogens with zero attached hydrogens (tertiary/aromatic N) is 2. The number of carbonyl (C=O) groups excluding carboxylic acids is 1. The molecule has 2 rings (SSSR count). The Morgan fingerprint density at radius 3 is 2.75 bits per heavy atom. The van der Waals surface area contributed by atoms with Crippen LogP contribution in [0.1, 0.15) is 12.6 Å². The summed E-state index contributed by atoms with van der Waals surface area (Å²) in [7, 11) is 3.57. The molecule has 5 nitrogen and oxygen atoms in total. The van der Waals surface area contributed by atoms with Crippen LogP contribution >= 0.6 is 0 Å². The van der Waals surface area contributed by atoms with Crippen LogP contribution in [0.25, 0.3) is 11.3 Å². The van der Waals surface area contributed by atoms with Gasteiger partial charge in [0.15, 0.2) is 0 Å². The van der Waals surface area contributed by atoms with Crippen molar-refractivity contribution in [2.75, 3.05) is 14.1 Å². The van der Waals surface area contributed by atoms with Gasteiger partial charge in [0.25, 0.3) is 0 Å². The van der Waals surface area contributed by atoms with Crippen molar-refractivity contribution >= 4 is 5.91 Å². The van der Waals surface area contributed by atoms with E-state index in [0.29, 0.717) is 6.54 Å². The van der Waals surface area contributed by atoms with Gasteiger partial charge in [0.2, 0.25) is 5.91 Å². The largest absolute Gasteiger partial charge is 0.339 e. The first-order valence-electron chi connectivity index (χ1n) is 6.63. The van der Waals surface area contributed by atoms with Crippen molar-refractivity contribution in [1.29, 1.82) is 0 Å². The molecule has 5 heteroatoms. The number of likely N-dealkylation sites (N-methyl/N-ethyl adjacent to an activating group) is 2. The van der Waals surface area contributed by atoms with Crippen molar-refractivity contribution in [3.05, 3.63) is 42.1 Å². The molecular formula is C15H20N4O. The molecule has 20 heavy (non-hydrogen) atoms. The standard InChI is InChI=1S/C15H20N4O/c1-11(16-2)15(20)19(3)10-13-9-14(18-17-13)12-7-5-4-6-8-12/h4-9,11,16H,10H2,1-3H3,(H,17,18)/t11-/m0/s1. The molecule has 1 amide bonds. The summed E-state index contributed by atoms with van der Waals surface area (Å²) < 4.78 is 0. The van der Waals surface area contributed by atoms with Gasteiger partial charge in [-0.3, -0.25) is 9.89 Å². The van der Waals surface area contributed by atoms with Gasteiger partial charge in [-0.05, 0) is 20.0 Å². The summed E-state index contributed by atoms with van der Waals surface area (Å²) in [5.41, 5.74) is 2.87. The van der Waals surface area contributed by atoms with E-state index in [4.69, 9.17) is 0 Å². The monoisotopic (exact) mass is 272 g/mol. The normalized spacial score (nSPS) is 12.2. The average molecular weight is 272 g/mol. The van der Waals surface area contributed by atoms with Gasteiger partial charge in [0.05, 0.1) is 24.0 Å². The third kappa shape index (κ3) is 3.24. The van der Waals surface area contributed by atoms with Crippen molar-refractivity contribution in [1.82, 2.24) is 20.4 Å². The summed E-state index contributed by atoms with van der Waals surface area (Å²) in [5, 5.41) is 10.2. The van der Waals surface area contributed by atoms with Crippen molar-refractivity contribution in [3.63, 3.8) is 0 Å². The number of aromatic nitrogens is 2. The van der Waals surface area contributed by atoms with Gasteiger partial charge >= 0.3 is 0 Å². The van der Waals surface area contributed by atoms with Crippen LogP contribution in [0.2, 0.25) is 0 Å². The zero-order chi connectivity index (χ0) is 14.5. The van der Waals surface area contributed by atoms with Crippen LogP contribution in [0, 0.1) is 0 Å². The first-order valence-corrected chi connectivity index (χ1v) is 6.63. The molecule has 0 aliphatic rings. The van der Waals surface area contributed by atoms with E-state index in [1.54, 1.807) is 19.0 Å². The zero-order valence-electron chi connectivity index (χ0n) is 12.1. The molecule has 0 saturated carbocycles. The second kappa shape index (κ2) is 6.34. The van der Waals surface area contributed by atoms with Gasteiger partial charge in [-0.15, -0.1) is 0 Å². The van der Waals surface area contributed by atoms with Crippen LogP contribution in [0.4, 0.5) is 0 Å². The Kier molecular flexibility index (Phi) is 4.53. The quantitative estimate of drug-likeness (QED) is 0.870. The summed E-state index contributed by atoms with van der Waals surface area (Å²) in [6.07, 6.45) is 0. The molecule has 2 N–H and O–H groups in total. The molecule has 1 heterocycles. The highest BCUT2D eigenvalue weighted by Gasteiger charge is 2.16. The van der Waals surface area contributed by atoms with Crippen LogP contribution in [-0.4, -0.2) is 41.1 Å². The van der Waals surface area contributed by atoms with Crippen LogP contribution in [0.3, 0.4) is 0 Å². The fourth-order valence-electron chi connectivity index (χ4n) is 1.99. The van der Waals surface area contributed by atoms with Gasteiger partial charge < -0.3 is 10.2 Å². The molecule has 0 aliphatic carbocycles. The Labute approximate surface area is 119 Å². The number of amides is 1. The summed E-state index contributed by atoms with van der Waals surface area (Å²) in [5.74, 6) is 0.0587.